The molecule has 0 heterocycles. The summed E-state index contributed by atoms with van der Waals surface area (Å²) in [4.78, 5) is 38.0. The van der Waals surface area contributed by atoms with Gasteiger partial charge in [-0.2, -0.15) is 0 Å². The van der Waals surface area contributed by atoms with E-state index in [9.17, 15) is 14.4 Å². The zero-order valence-corrected chi connectivity index (χ0v) is 43.8. The largest absolute Gasteiger partial charge is 0.462 e. The number of hydrogen-bond donors (Lipinski definition) is 0. The molecule has 0 rings (SSSR count). The summed E-state index contributed by atoms with van der Waals surface area (Å²) in [7, 11) is 0. The van der Waals surface area contributed by atoms with Gasteiger partial charge in [0, 0.05) is 19.3 Å². The monoisotopic (exact) mass is 941 g/mol. The Morgan fingerprint density at radius 1 is 0.309 bits per heavy atom. The van der Waals surface area contributed by atoms with Crippen molar-refractivity contribution in [3.05, 3.63) is 122 Å². The van der Waals surface area contributed by atoms with Gasteiger partial charge >= 0.3 is 17.9 Å². The summed E-state index contributed by atoms with van der Waals surface area (Å²) in [5, 5.41) is 0. The molecule has 1 atom stereocenters. The van der Waals surface area contributed by atoms with Crippen LogP contribution in [0.25, 0.3) is 0 Å². The molecule has 0 amide bonds. The van der Waals surface area contributed by atoms with Crippen molar-refractivity contribution in [2.24, 2.45) is 0 Å². The number of rotatable bonds is 48. The highest BCUT2D eigenvalue weighted by Crippen LogP contribution is 2.14. The van der Waals surface area contributed by atoms with Crippen LogP contribution in [-0.4, -0.2) is 37.2 Å². The Bertz CT molecular complexity index is 1450. The molecule has 0 bridgehead atoms. The summed E-state index contributed by atoms with van der Waals surface area (Å²) < 4.78 is 16.8. The molecule has 0 aromatic heterocycles. The van der Waals surface area contributed by atoms with Gasteiger partial charge in [-0.25, -0.2) is 0 Å². The molecule has 384 valence electrons. The number of hydrogen-bond acceptors (Lipinski definition) is 6. The second-order valence-electron chi connectivity index (χ2n) is 17.7. The Balaban J connectivity index is 4.38. The number of allylic oxidation sites excluding steroid dienone is 20. The number of ether oxygens (including phenoxy) is 3. The maximum atomic E-state index is 12.8. The first-order chi connectivity index (χ1) is 33.5. The Morgan fingerprint density at radius 2 is 0.574 bits per heavy atom. The molecule has 0 saturated heterocycles. The highest BCUT2D eigenvalue weighted by atomic mass is 16.6. The molecule has 0 aliphatic heterocycles. The summed E-state index contributed by atoms with van der Waals surface area (Å²) in [5.41, 5.74) is 0. The van der Waals surface area contributed by atoms with Gasteiger partial charge in [0.2, 0.25) is 0 Å². The van der Waals surface area contributed by atoms with E-state index in [0.29, 0.717) is 19.3 Å². The predicted octanol–water partition coefficient (Wildman–Crippen LogP) is 18.5. The van der Waals surface area contributed by atoms with Crippen molar-refractivity contribution >= 4 is 17.9 Å². The summed E-state index contributed by atoms with van der Waals surface area (Å²) in [6.45, 7) is 6.34. The Hall–Kier alpha value is -4.19. The van der Waals surface area contributed by atoms with Crippen LogP contribution in [0.4, 0.5) is 0 Å². The van der Waals surface area contributed by atoms with Crippen LogP contribution >= 0.6 is 0 Å². The van der Waals surface area contributed by atoms with E-state index >= 15 is 0 Å². The Labute approximate surface area is 418 Å². The van der Waals surface area contributed by atoms with Crippen LogP contribution in [0.3, 0.4) is 0 Å². The first-order valence-corrected chi connectivity index (χ1v) is 27.5. The highest BCUT2D eigenvalue weighted by Gasteiger charge is 2.19. The van der Waals surface area contributed by atoms with E-state index in [1.807, 2.05) is 0 Å². The molecule has 6 heteroatoms. The zero-order valence-electron chi connectivity index (χ0n) is 43.8. The maximum Gasteiger partial charge on any atom is 0.306 e. The minimum absolute atomic E-state index is 0.101. The molecular weight excluding hydrogens is 841 g/mol. The van der Waals surface area contributed by atoms with Crippen LogP contribution in [-0.2, 0) is 28.6 Å². The van der Waals surface area contributed by atoms with Gasteiger partial charge in [0.15, 0.2) is 6.10 Å². The van der Waals surface area contributed by atoms with Gasteiger partial charge in [-0.3, -0.25) is 14.4 Å². The summed E-state index contributed by atoms with van der Waals surface area (Å²) >= 11 is 0. The predicted molar refractivity (Wildman–Crippen MR) is 293 cm³/mol. The van der Waals surface area contributed by atoms with E-state index in [1.54, 1.807) is 0 Å². The number of esters is 3. The lowest BCUT2D eigenvalue weighted by atomic mass is 10.1. The smallest absolute Gasteiger partial charge is 0.306 e. The topological polar surface area (TPSA) is 78.9 Å². The van der Waals surface area contributed by atoms with E-state index in [-0.39, 0.29) is 37.5 Å². The van der Waals surface area contributed by atoms with Gasteiger partial charge in [0.25, 0.3) is 0 Å². The van der Waals surface area contributed by atoms with Gasteiger partial charge in [0.05, 0.1) is 0 Å². The standard InChI is InChI=1S/C62H100O6/c1-4-7-10-13-16-19-22-24-26-27-28-29-30-31-32-33-34-35-37-38-40-43-46-49-52-55-61(64)67-58-59(57-66-60(63)54-51-48-45-42-21-18-15-12-9-6-3)68-62(65)56-53-50-47-44-41-39-36-25-23-20-17-14-11-8-5-2/h7-8,10-11,16-17,19-20,24-26,28-29,31-32,34-36,41,44,59H,4-6,9,12-15,18,21-23,27,30,33,37-40,42-43,45-58H2,1-3H3/b10-7-,11-8-,19-16-,20-17-,26-24-,29-28-,32-31-,35-34-,36-25-,44-41-. The van der Waals surface area contributed by atoms with Crippen molar-refractivity contribution < 1.29 is 28.6 Å². The molecule has 1 unspecified atom stereocenters. The van der Waals surface area contributed by atoms with Crippen molar-refractivity contribution in [3.63, 3.8) is 0 Å². The van der Waals surface area contributed by atoms with E-state index in [2.05, 4.69) is 142 Å². The fourth-order valence-electron chi connectivity index (χ4n) is 7.14. The fraction of sp³-hybridized carbons (Fsp3) is 0.629. The molecule has 0 saturated carbocycles. The van der Waals surface area contributed by atoms with Gasteiger partial charge < -0.3 is 14.2 Å². The van der Waals surface area contributed by atoms with E-state index in [0.717, 1.165) is 128 Å². The first-order valence-electron chi connectivity index (χ1n) is 27.5. The fourth-order valence-corrected chi connectivity index (χ4v) is 7.14. The lowest BCUT2D eigenvalue weighted by Crippen LogP contribution is -2.30. The van der Waals surface area contributed by atoms with E-state index in [4.69, 9.17) is 14.2 Å². The average molecular weight is 941 g/mol. The third-order valence-electron chi connectivity index (χ3n) is 11.2. The second kappa shape index (κ2) is 55.4. The van der Waals surface area contributed by atoms with Gasteiger partial charge in [-0.1, -0.05) is 226 Å². The van der Waals surface area contributed by atoms with Crippen LogP contribution in [0, 0.1) is 0 Å². The molecule has 0 aliphatic carbocycles. The van der Waals surface area contributed by atoms with Crippen molar-refractivity contribution in [1.82, 2.24) is 0 Å². The molecule has 0 radical (unpaired) electrons. The number of carbonyl (C=O) groups is 3. The summed E-state index contributed by atoms with van der Waals surface area (Å²) in [6, 6.07) is 0. The minimum Gasteiger partial charge on any atom is -0.462 e. The van der Waals surface area contributed by atoms with Crippen LogP contribution in [0.2, 0.25) is 0 Å². The molecule has 0 N–H and O–H groups in total. The zero-order chi connectivity index (χ0) is 49.3. The van der Waals surface area contributed by atoms with Crippen LogP contribution in [0.1, 0.15) is 233 Å². The van der Waals surface area contributed by atoms with Crippen LogP contribution in [0.5, 0.6) is 0 Å². The van der Waals surface area contributed by atoms with Gasteiger partial charge in [-0.15, -0.1) is 0 Å². The molecule has 0 aliphatic rings. The lowest BCUT2D eigenvalue weighted by Gasteiger charge is -2.18. The van der Waals surface area contributed by atoms with Crippen LogP contribution < -0.4 is 0 Å². The average Bonchev–Trinajstić information content (AvgIpc) is 3.34. The molecule has 0 fully saturated rings. The Morgan fingerprint density at radius 3 is 0.926 bits per heavy atom. The molecule has 0 aromatic rings. The minimum atomic E-state index is -0.807. The third kappa shape index (κ3) is 52.8. The van der Waals surface area contributed by atoms with E-state index < -0.39 is 6.10 Å². The molecule has 0 aromatic carbocycles. The second-order valence-corrected chi connectivity index (χ2v) is 17.7. The van der Waals surface area contributed by atoms with Gasteiger partial charge in [0.1, 0.15) is 13.2 Å². The lowest BCUT2D eigenvalue weighted by molar-refractivity contribution is -0.167. The van der Waals surface area contributed by atoms with Crippen molar-refractivity contribution in [2.75, 3.05) is 13.2 Å². The van der Waals surface area contributed by atoms with Crippen LogP contribution in [0.15, 0.2) is 122 Å². The molecule has 0 spiro atoms. The normalized spacial score (nSPS) is 13.0. The summed E-state index contributed by atoms with van der Waals surface area (Å²) in [6.07, 6.45) is 76.2. The van der Waals surface area contributed by atoms with Crippen molar-refractivity contribution in [3.8, 4) is 0 Å². The SMILES string of the molecule is CC/C=C\C/C=C\C/C=C\C/C=C\C/C=C\C/C=C\CCCCCCCCC(=O)OCC(COC(=O)CCCCCCCCCCCC)OC(=O)CCCC/C=C\C/C=C\C/C=C\C/C=C\CC. The molecular formula is C62H100O6. The molecule has 6 nitrogen and oxygen atoms in total. The van der Waals surface area contributed by atoms with E-state index in [1.165, 1.54) is 57.8 Å². The molecule has 68 heavy (non-hydrogen) atoms. The third-order valence-corrected chi connectivity index (χ3v) is 11.2. The quantitative estimate of drug-likeness (QED) is 0.0262. The Kier molecular flexibility index (Phi) is 52.0. The number of unbranched alkanes of at least 4 members (excludes halogenated alkanes) is 17. The summed E-state index contributed by atoms with van der Waals surface area (Å²) in [5.74, 6) is -0.965. The van der Waals surface area contributed by atoms with Crippen molar-refractivity contribution in [2.45, 2.75) is 239 Å². The van der Waals surface area contributed by atoms with Crippen molar-refractivity contribution in [1.29, 1.82) is 0 Å². The first kappa shape index (κ1) is 63.8. The highest BCUT2D eigenvalue weighted by molar-refractivity contribution is 5.71. The van der Waals surface area contributed by atoms with Gasteiger partial charge in [-0.05, 0) is 109 Å². The maximum absolute atomic E-state index is 12.8. The number of carbonyl (C=O) groups excluding carboxylic acids is 3.